The van der Waals surface area contributed by atoms with Crippen LogP contribution in [0, 0.1) is 0 Å². The molecule has 1 atom stereocenters. The molecule has 92 valence electrons. The third kappa shape index (κ3) is 3.35. The van der Waals surface area contributed by atoms with Gasteiger partial charge in [0.15, 0.2) is 0 Å². The molecule has 1 heterocycles. The van der Waals surface area contributed by atoms with E-state index in [2.05, 4.69) is 0 Å². The van der Waals surface area contributed by atoms with Gasteiger partial charge >= 0.3 is 0 Å². The molecule has 17 heavy (non-hydrogen) atoms. The highest BCUT2D eigenvalue weighted by Gasteiger charge is 2.23. The lowest BCUT2D eigenvalue weighted by molar-refractivity contribution is -0.129. The first-order valence-corrected chi connectivity index (χ1v) is 6.28. The summed E-state index contributed by atoms with van der Waals surface area (Å²) in [6, 6.07) is 5.30. The van der Waals surface area contributed by atoms with Crippen LogP contribution in [-0.4, -0.2) is 29.9 Å². The first kappa shape index (κ1) is 12.7. The Morgan fingerprint density at radius 3 is 2.53 bits per heavy atom. The number of nitrogens with two attached hydrogens (primary N) is 1. The van der Waals surface area contributed by atoms with Gasteiger partial charge in [0.2, 0.25) is 5.91 Å². The van der Waals surface area contributed by atoms with Crippen molar-refractivity contribution in [3.8, 4) is 0 Å². The van der Waals surface area contributed by atoms with Crippen LogP contribution in [0.3, 0.4) is 0 Å². The van der Waals surface area contributed by atoms with Gasteiger partial charge in [-0.05, 0) is 30.2 Å². The molecule has 0 radical (unpaired) electrons. The number of carbonyl (C=O) groups is 1. The van der Waals surface area contributed by atoms with Crippen LogP contribution in [0.2, 0.25) is 10.0 Å². The minimum atomic E-state index is 0.0799. The topological polar surface area (TPSA) is 46.3 Å². The molecular formula is C12H14Cl2N2O. The molecule has 3 nitrogen and oxygen atoms in total. The fourth-order valence-electron chi connectivity index (χ4n) is 2.01. The smallest absolute Gasteiger partial charge is 0.227 e. The van der Waals surface area contributed by atoms with E-state index in [-0.39, 0.29) is 11.9 Å². The third-order valence-corrected chi connectivity index (χ3v) is 3.29. The number of likely N-dealkylation sites (tertiary alicyclic amines) is 1. The predicted molar refractivity (Wildman–Crippen MR) is 69.3 cm³/mol. The van der Waals surface area contributed by atoms with E-state index in [1.807, 2.05) is 0 Å². The van der Waals surface area contributed by atoms with E-state index < -0.39 is 0 Å². The molecule has 1 aliphatic heterocycles. The van der Waals surface area contributed by atoms with Crippen LogP contribution in [0.1, 0.15) is 12.0 Å². The molecule has 2 rings (SSSR count). The maximum absolute atomic E-state index is 12.0. The van der Waals surface area contributed by atoms with Crippen molar-refractivity contribution >= 4 is 29.1 Å². The van der Waals surface area contributed by atoms with Crippen LogP contribution in [0.15, 0.2) is 18.2 Å². The second-order valence-corrected chi connectivity index (χ2v) is 5.22. The van der Waals surface area contributed by atoms with Gasteiger partial charge in [0.05, 0.1) is 6.42 Å². The molecule has 1 amide bonds. The third-order valence-electron chi connectivity index (χ3n) is 2.86. The summed E-state index contributed by atoms with van der Waals surface area (Å²) in [7, 11) is 0. The van der Waals surface area contributed by atoms with Gasteiger partial charge in [-0.3, -0.25) is 4.79 Å². The second kappa shape index (κ2) is 5.25. The second-order valence-electron chi connectivity index (χ2n) is 4.34. The van der Waals surface area contributed by atoms with Crippen LogP contribution < -0.4 is 5.73 Å². The van der Waals surface area contributed by atoms with Crippen molar-refractivity contribution < 1.29 is 4.79 Å². The largest absolute Gasteiger partial charge is 0.341 e. The highest BCUT2D eigenvalue weighted by atomic mass is 35.5. The summed E-state index contributed by atoms with van der Waals surface area (Å²) in [5, 5.41) is 1.11. The van der Waals surface area contributed by atoms with Gasteiger partial charge < -0.3 is 10.6 Å². The van der Waals surface area contributed by atoms with Gasteiger partial charge in [0.25, 0.3) is 0 Å². The number of hydrogen-bond donors (Lipinski definition) is 1. The highest BCUT2D eigenvalue weighted by Crippen LogP contribution is 2.20. The Labute approximate surface area is 110 Å². The van der Waals surface area contributed by atoms with Crippen molar-refractivity contribution in [2.45, 2.75) is 18.9 Å². The van der Waals surface area contributed by atoms with E-state index in [1.54, 1.807) is 23.1 Å². The number of hydrogen-bond acceptors (Lipinski definition) is 2. The number of nitrogens with zero attached hydrogens (tertiary/aromatic N) is 1. The predicted octanol–water partition coefficient (Wildman–Crippen LogP) is 2.10. The first-order chi connectivity index (χ1) is 8.04. The molecular weight excluding hydrogens is 259 g/mol. The SMILES string of the molecule is N[C@H]1CCN(C(=O)Cc2cc(Cl)cc(Cl)c2)C1. The maximum Gasteiger partial charge on any atom is 0.227 e. The summed E-state index contributed by atoms with van der Waals surface area (Å²) in [5.41, 5.74) is 6.61. The molecule has 1 aromatic carbocycles. The number of amides is 1. The molecule has 2 N–H and O–H groups in total. The van der Waals surface area contributed by atoms with E-state index >= 15 is 0 Å². The molecule has 1 fully saturated rings. The molecule has 0 aliphatic carbocycles. The lowest BCUT2D eigenvalue weighted by atomic mass is 10.1. The zero-order valence-corrected chi connectivity index (χ0v) is 10.8. The minimum absolute atomic E-state index is 0.0799. The summed E-state index contributed by atoms with van der Waals surface area (Å²) in [4.78, 5) is 13.8. The number of carbonyl (C=O) groups excluding carboxylic acids is 1. The van der Waals surface area contributed by atoms with Gasteiger partial charge in [-0.1, -0.05) is 23.2 Å². The van der Waals surface area contributed by atoms with Gasteiger partial charge in [-0.15, -0.1) is 0 Å². The van der Waals surface area contributed by atoms with Crippen molar-refractivity contribution in [1.29, 1.82) is 0 Å². The Balaban J connectivity index is 2.03. The Hall–Kier alpha value is -0.770. The molecule has 5 heteroatoms. The molecule has 1 saturated heterocycles. The van der Waals surface area contributed by atoms with Crippen LogP contribution >= 0.6 is 23.2 Å². The first-order valence-electron chi connectivity index (χ1n) is 5.53. The fraction of sp³-hybridized carbons (Fsp3) is 0.417. The Bertz CT molecular complexity index is 416. The molecule has 0 bridgehead atoms. The van der Waals surface area contributed by atoms with Gasteiger partial charge in [0, 0.05) is 29.2 Å². The van der Waals surface area contributed by atoms with Crippen molar-refractivity contribution in [2.24, 2.45) is 5.73 Å². The highest BCUT2D eigenvalue weighted by molar-refractivity contribution is 6.34. The molecule has 0 aromatic heterocycles. The summed E-state index contributed by atoms with van der Waals surface area (Å²) >= 11 is 11.8. The molecule has 0 saturated carbocycles. The summed E-state index contributed by atoms with van der Waals surface area (Å²) < 4.78 is 0. The van der Waals surface area contributed by atoms with Crippen molar-refractivity contribution in [3.05, 3.63) is 33.8 Å². The maximum atomic E-state index is 12.0. The fourth-order valence-corrected chi connectivity index (χ4v) is 2.58. The zero-order chi connectivity index (χ0) is 12.4. The Morgan fingerprint density at radius 1 is 1.35 bits per heavy atom. The molecule has 0 spiro atoms. The number of benzene rings is 1. The normalized spacial score (nSPS) is 19.7. The lowest BCUT2D eigenvalue weighted by Gasteiger charge is -2.15. The standard InChI is InChI=1S/C12H14Cl2N2O/c13-9-3-8(4-10(14)6-9)5-12(17)16-2-1-11(15)7-16/h3-4,6,11H,1-2,5,7,15H2/t11-/m0/s1. The van der Waals surface area contributed by atoms with Crippen molar-refractivity contribution in [3.63, 3.8) is 0 Å². The van der Waals surface area contributed by atoms with Crippen molar-refractivity contribution in [1.82, 2.24) is 4.90 Å². The average Bonchev–Trinajstić information content (AvgIpc) is 2.63. The number of rotatable bonds is 2. The molecule has 1 aromatic rings. The van der Waals surface area contributed by atoms with E-state index in [1.165, 1.54) is 0 Å². The number of halogens is 2. The van der Waals surface area contributed by atoms with E-state index in [0.717, 1.165) is 18.5 Å². The summed E-state index contributed by atoms with van der Waals surface area (Å²) in [6.07, 6.45) is 1.20. The summed E-state index contributed by atoms with van der Waals surface area (Å²) in [5.74, 6) is 0.0799. The molecule has 0 unspecified atom stereocenters. The van der Waals surface area contributed by atoms with Crippen LogP contribution in [-0.2, 0) is 11.2 Å². The quantitative estimate of drug-likeness (QED) is 0.896. The zero-order valence-electron chi connectivity index (χ0n) is 9.33. The van der Waals surface area contributed by atoms with Crippen LogP contribution in [0.4, 0.5) is 0 Å². The van der Waals surface area contributed by atoms with Crippen molar-refractivity contribution in [2.75, 3.05) is 13.1 Å². The van der Waals surface area contributed by atoms with E-state index in [4.69, 9.17) is 28.9 Å². The summed E-state index contributed by atoms with van der Waals surface area (Å²) in [6.45, 7) is 1.39. The van der Waals surface area contributed by atoms with Crippen LogP contribution in [0.25, 0.3) is 0 Å². The van der Waals surface area contributed by atoms with E-state index in [0.29, 0.717) is 23.0 Å². The van der Waals surface area contributed by atoms with Crippen LogP contribution in [0.5, 0.6) is 0 Å². The Morgan fingerprint density at radius 2 is 2.00 bits per heavy atom. The molecule has 1 aliphatic rings. The monoisotopic (exact) mass is 272 g/mol. The van der Waals surface area contributed by atoms with E-state index in [9.17, 15) is 4.79 Å². The lowest BCUT2D eigenvalue weighted by Crippen LogP contribution is -2.32. The van der Waals surface area contributed by atoms with Gasteiger partial charge in [0.1, 0.15) is 0 Å². The van der Waals surface area contributed by atoms with Gasteiger partial charge in [-0.25, -0.2) is 0 Å². The Kier molecular flexibility index (Phi) is 3.92. The minimum Gasteiger partial charge on any atom is -0.341 e. The average molecular weight is 273 g/mol. The van der Waals surface area contributed by atoms with Gasteiger partial charge in [-0.2, -0.15) is 0 Å².